The van der Waals surface area contributed by atoms with Crippen molar-refractivity contribution in [2.45, 2.75) is 19.6 Å². The van der Waals surface area contributed by atoms with E-state index in [0.29, 0.717) is 12.2 Å². The van der Waals surface area contributed by atoms with Crippen LogP contribution in [0, 0.1) is 0 Å². The summed E-state index contributed by atoms with van der Waals surface area (Å²) in [6.07, 6.45) is 0.737. The smallest absolute Gasteiger partial charge is 0.150 e. The van der Waals surface area contributed by atoms with Gasteiger partial charge in [-0.1, -0.05) is 36.4 Å². The topological polar surface area (TPSA) is 35.5 Å². The zero-order valence-electron chi connectivity index (χ0n) is 11.7. The molecule has 2 rings (SSSR count). The minimum absolute atomic E-state index is 0.126. The first-order chi connectivity index (χ1) is 9.74. The lowest BCUT2D eigenvalue weighted by molar-refractivity contribution is 0.0519. The molecule has 2 aromatic rings. The van der Waals surface area contributed by atoms with Gasteiger partial charge in [0.2, 0.25) is 0 Å². The van der Waals surface area contributed by atoms with Crippen LogP contribution in [0.3, 0.4) is 0 Å². The van der Waals surface area contributed by atoms with Crippen LogP contribution in [-0.4, -0.2) is 13.4 Å². The maximum Gasteiger partial charge on any atom is 0.150 e. The van der Waals surface area contributed by atoms with Crippen molar-refractivity contribution in [2.24, 2.45) is 0 Å². The van der Waals surface area contributed by atoms with Crippen LogP contribution in [0.2, 0.25) is 0 Å². The lowest BCUT2D eigenvalue weighted by Crippen LogP contribution is -2.03. The third-order valence-corrected chi connectivity index (χ3v) is 3.22. The number of hydrogen-bond donors (Lipinski definition) is 0. The van der Waals surface area contributed by atoms with Gasteiger partial charge in [-0.2, -0.15) is 0 Å². The molecular weight excluding hydrogens is 252 g/mol. The van der Waals surface area contributed by atoms with Crippen molar-refractivity contribution in [3.8, 4) is 5.75 Å². The van der Waals surface area contributed by atoms with E-state index >= 15 is 0 Å². The molecule has 0 aliphatic heterocycles. The van der Waals surface area contributed by atoms with Gasteiger partial charge in [0.15, 0.2) is 0 Å². The van der Waals surface area contributed by atoms with Crippen molar-refractivity contribution in [3.63, 3.8) is 0 Å². The maximum atomic E-state index is 11.0. The van der Waals surface area contributed by atoms with E-state index in [1.807, 2.05) is 49.4 Å². The number of aldehydes is 1. The molecule has 0 aromatic heterocycles. The van der Waals surface area contributed by atoms with Crippen LogP contribution < -0.4 is 4.74 Å². The van der Waals surface area contributed by atoms with Gasteiger partial charge < -0.3 is 9.47 Å². The Hall–Kier alpha value is -2.13. The van der Waals surface area contributed by atoms with Gasteiger partial charge in [-0.3, -0.25) is 4.79 Å². The molecule has 0 saturated heterocycles. The fraction of sp³-hybridized carbons (Fsp3) is 0.235. The SMILES string of the molecule is COc1ccc(CO[C@@H](C)c2ccccc2C=O)cc1. The van der Waals surface area contributed by atoms with E-state index in [-0.39, 0.29) is 6.10 Å². The minimum atomic E-state index is -0.126. The molecule has 0 unspecified atom stereocenters. The van der Waals surface area contributed by atoms with E-state index in [9.17, 15) is 4.79 Å². The molecule has 20 heavy (non-hydrogen) atoms. The fourth-order valence-corrected chi connectivity index (χ4v) is 2.02. The molecule has 0 heterocycles. The van der Waals surface area contributed by atoms with Crippen LogP contribution in [0.4, 0.5) is 0 Å². The lowest BCUT2D eigenvalue weighted by Gasteiger charge is -2.15. The third-order valence-electron chi connectivity index (χ3n) is 3.22. The van der Waals surface area contributed by atoms with Crippen molar-refractivity contribution >= 4 is 6.29 Å². The second-order valence-corrected chi connectivity index (χ2v) is 4.55. The van der Waals surface area contributed by atoms with Crippen LogP contribution in [0.15, 0.2) is 48.5 Å². The molecule has 0 amide bonds. The zero-order chi connectivity index (χ0) is 14.4. The van der Waals surface area contributed by atoms with Crippen LogP contribution in [-0.2, 0) is 11.3 Å². The molecule has 0 bridgehead atoms. The molecule has 0 aliphatic rings. The molecule has 0 saturated carbocycles. The Morgan fingerprint density at radius 2 is 1.80 bits per heavy atom. The summed E-state index contributed by atoms with van der Waals surface area (Å²) in [5, 5.41) is 0. The summed E-state index contributed by atoms with van der Waals surface area (Å²) < 4.78 is 10.9. The summed E-state index contributed by atoms with van der Waals surface area (Å²) in [4.78, 5) is 11.0. The molecule has 0 radical (unpaired) electrons. The zero-order valence-corrected chi connectivity index (χ0v) is 11.7. The highest BCUT2D eigenvalue weighted by Gasteiger charge is 2.10. The number of benzene rings is 2. The molecule has 1 atom stereocenters. The first-order valence-electron chi connectivity index (χ1n) is 6.53. The average molecular weight is 270 g/mol. The van der Waals surface area contributed by atoms with Gasteiger partial charge in [-0.15, -0.1) is 0 Å². The molecule has 0 N–H and O–H groups in total. The first-order valence-corrected chi connectivity index (χ1v) is 6.53. The number of rotatable bonds is 6. The van der Waals surface area contributed by atoms with E-state index in [1.165, 1.54) is 0 Å². The Morgan fingerprint density at radius 3 is 2.45 bits per heavy atom. The Labute approximate surface area is 119 Å². The van der Waals surface area contributed by atoms with E-state index in [2.05, 4.69) is 0 Å². The van der Waals surface area contributed by atoms with Crippen molar-refractivity contribution in [1.82, 2.24) is 0 Å². The van der Waals surface area contributed by atoms with Crippen molar-refractivity contribution in [1.29, 1.82) is 0 Å². The Morgan fingerprint density at radius 1 is 1.10 bits per heavy atom. The molecule has 3 heteroatoms. The number of methoxy groups -OCH3 is 1. The third kappa shape index (κ3) is 3.45. The van der Waals surface area contributed by atoms with Gasteiger partial charge in [-0.05, 0) is 30.2 Å². The highest BCUT2D eigenvalue weighted by atomic mass is 16.5. The monoisotopic (exact) mass is 270 g/mol. The van der Waals surface area contributed by atoms with Crippen molar-refractivity contribution < 1.29 is 14.3 Å². The van der Waals surface area contributed by atoms with Crippen LogP contribution in [0.5, 0.6) is 5.75 Å². The number of ether oxygens (including phenoxy) is 2. The van der Waals surface area contributed by atoms with E-state index < -0.39 is 0 Å². The Kier molecular flexibility index (Phi) is 4.91. The predicted molar refractivity (Wildman–Crippen MR) is 78.0 cm³/mol. The number of carbonyl (C=O) groups excluding carboxylic acids is 1. The largest absolute Gasteiger partial charge is 0.497 e. The van der Waals surface area contributed by atoms with Crippen molar-refractivity contribution in [2.75, 3.05) is 7.11 Å². The van der Waals surface area contributed by atoms with Gasteiger partial charge in [0.25, 0.3) is 0 Å². The van der Waals surface area contributed by atoms with E-state index in [4.69, 9.17) is 9.47 Å². The van der Waals surface area contributed by atoms with Gasteiger partial charge in [0.05, 0.1) is 19.8 Å². The number of hydrogen-bond acceptors (Lipinski definition) is 3. The maximum absolute atomic E-state index is 11.0. The average Bonchev–Trinajstić information content (AvgIpc) is 2.53. The quantitative estimate of drug-likeness (QED) is 0.749. The highest BCUT2D eigenvalue weighted by Crippen LogP contribution is 2.22. The van der Waals surface area contributed by atoms with Crippen LogP contribution in [0.1, 0.15) is 34.5 Å². The van der Waals surface area contributed by atoms with Gasteiger partial charge in [-0.25, -0.2) is 0 Å². The predicted octanol–water partition coefficient (Wildman–Crippen LogP) is 3.79. The van der Waals surface area contributed by atoms with Gasteiger partial charge >= 0.3 is 0 Å². The molecule has 0 fully saturated rings. The van der Waals surface area contributed by atoms with E-state index in [1.54, 1.807) is 13.2 Å². The number of carbonyl (C=O) groups is 1. The highest BCUT2D eigenvalue weighted by molar-refractivity contribution is 5.77. The Balaban J connectivity index is 2.00. The fourth-order valence-electron chi connectivity index (χ4n) is 2.02. The summed E-state index contributed by atoms with van der Waals surface area (Å²) in [5.41, 5.74) is 2.66. The normalized spacial score (nSPS) is 11.9. The summed E-state index contributed by atoms with van der Waals surface area (Å²) in [6.45, 7) is 2.45. The molecular formula is C17H18O3. The summed E-state index contributed by atoms with van der Waals surface area (Å²) in [7, 11) is 1.64. The van der Waals surface area contributed by atoms with Gasteiger partial charge in [0.1, 0.15) is 12.0 Å². The molecule has 0 aliphatic carbocycles. The standard InChI is InChI=1S/C17H18O3/c1-13(17-6-4-3-5-15(17)11-18)20-12-14-7-9-16(19-2)10-8-14/h3-11,13H,12H2,1-2H3/t13-/m0/s1. The van der Waals surface area contributed by atoms with Crippen molar-refractivity contribution in [3.05, 3.63) is 65.2 Å². The van der Waals surface area contributed by atoms with E-state index in [0.717, 1.165) is 23.2 Å². The summed E-state index contributed by atoms with van der Waals surface area (Å²) >= 11 is 0. The van der Waals surface area contributed by atoms with Gasteiger partial charge in [0, 0.05) is 5.56 Å². The molecule has 3 nitrogen and oxygen atoms in total. The second-order valence-electron chi connectivity index (χ2n) is 4.55. The molecule has 2 aromatic carbocycles. The first kappa shape index (κ1) is 14.3. The Bertz CT molecular complexity index is 561. The van der Waals surface area contributed by atoms with Crippen LogP contribution >= 0.6 is 0 Å². The summed E-state index contributed by atoms with van der Waals surface area (Å²) in [5.74, 6) is 0.827. The lowest BCUT2D eigenvalue weighted by atomic mass is 10.0. The summed E-state index contributed by atoms with van der Waals surface area (Å²) in [6, 6.07) is 15.2. The second kappa shape index (κ2) is 6.87. The molecule has 104 valence electrons. The molecule has 0 spiro atoms. The van der Waals surface area contributed by atoms with Crippen LogP contribution in [0.25, 0.3) is 0 Å². The minimum Gasteiger partial charge on any atom is -0.497 e.